The smallest absolute Gasteiger partial charge is 0.160 e. The topological polar surface area (TPSA) is 23.6 Å². The minimum absolute atomic E-state index is 0.0625. The van der Waals surface area contributed by atoms with Crippen LogP contribution in [-0.2, 0) is 0 Å². The number of hydrogen-bond donors (Lipinski definition) is 0. The first-order valence-electron chi connectivity index (χ1n) is 6.76. The number of benzene rings is 2. The highest BCUT2D eigenvalue weighted by molar-refractivity contribution is 5.96. The molecule has 0 saturated heterocycles. The molecule has 1 heterocycles. The second-order valence-corrected chi connectivity index (χ2v) is 5.23. The van der Waals surface area contributed by atoms with E-state index < -0.39 is 0 Å². The lowest BCUT2D eigenvalue weighted by atomic mass is 10.0. The van der Waals surface area contributed by atoms with Crippen molar-refractivity contribution < 1.29 is 4.79 Å². The fraction of sp³-hybridized carbons (Fsp3) is 0.235. The zero-order valence-corrected chi connectivity index (χ0v) is 12.0. The van der Waals surface area contributed by atoms with Gasteiger partial charge in [0.05, 0.1) is 11.4 Å². The van der Waals surface area contributed by atoms with E-state index in [0.717, 1.165) is 11.1 Å². The lowest BCUT2D eigenvalue weighted by Crippen LogP contribution is -2.31. The van der Waals surface area contributed by atoms with Crippen molar-refractivity contribution in [3.05, 3.63) is 59.7 Å². The maximum absolute atomic E-state index is 11.9. The monoisotopic (exact) mass is 266 g/mol. The van der Waals surface area contributed by atoms with Crippen LogP contribution in [0, 0.1) is 0 Å². The first-order valence-corrected chi connectivity index (χ1v) is 6.76. The van der Waals surface area contributed by atoms with E-state index >= 15 is 0 Å². The number of carbonyl (C=O) groups is 1. The molecule has 0 aliphatic carbocycles. The van der Waals surface area contributed by atoms with Gasteiger partial charge < -0.3 is 9.80 Å². The maximum atomic E-state index is 11.9. The van der Waals surface area contributed by atoms with Gasteiger partial charge in [0.1, 0.15) is 6.17 Å². The predicted octanol–water partition coefficient (Wildman–Crippen LogP) is 3.47. The number of rotatable bonds is 2. The molecule has 0 fully saturated rings. The highest BCUT2D eigenvalue weighted by atomic mass is 16.1. The van der Waals surface area contributed by atoms with Crippen molar-refractivity contribution >= 4 is 17.2 Å². The van der Waals surface area contributed by atoms with Gasteiger partial charge in [-0.05, 0) is 19.1 Å². The number of ketones is 1. The summed E-state index contributed by atoms with van der Waals surface area (Å²) in [6.45, 7) is 1.63. The van der Waals surface area contributed by atoms with Gasteiger partial charge >= 0.3 is 0 Å². The molecule has 3 nitrogen and oxygen atoms in total. The zero-order valence-electron chi connectivity index (χ0n) is 12.0. The molecule has 3 rings (SSSR count). The molecule has 0 N–H and O–H groups in total. The second-order valence-electron chi connectivity index (χ2n) is 5.23. The number of hydrogen-bond acceptors (Lipinski definition) is 3. The van der Waals surface area contributed by atoms with Crippen molar-refractivity contribution in [1.29, 1.82) is 0 Å². The number of carbonyl (C=O) groups excluding carboxylic acids is 1. The third-order valence-electron chi connectivity index (χ3n) is 3.99. The second kappa shape index (κ2) is 4.67. The Labute approximate surface area is 119 Å². The third-order valence-corrected chi connectivity index (χ3v) is 3.99. The van der Waals surface area contributed by atoms with Crippen molar-refractivity contribution in [2.24, 2.45) is 0 Å². The molecule has 0 radical (unpaired) electrons. The Morgan fingerprint density at radius 1 is 0.900 bits per heavy atom. The molecule has 0 aromatic heterocycles. The summed E-state index contributed by atoms with van der Waals surface area (Å²) in [7, 11) is 4.15. The van der Waals surface area contributed by atoms with Crippen molar-refractivity contribution in [3.8, 4) is 0 Å². The summed E-state index contributed by atoms with van der Waals surface area (Å²) in [5.41, 5.74) is 4.24. The SMILES string of the molecule is CC(=O)c1ccccc1C1N(C)c2ccccc2N1C. The average Bonchev–Trinajstić information content (AvgIpc) is 2.71. The van der Waals surface area contributed by atoms with Crippen LogP contribution in [0.1, 0.15) is 29.0 Å². The highest BCUT2D eigenvalue weighted by Crippen LogP contribution is 2.44. The van der Waals surface area contributed by atoms with E-state index in [1.165, 1.54) is 11.4 Å². The Balaban J connectivity index is 2.12. The van der Waals surface area contributed by atoms with Gasteiger partial charge in [0.2, 0.25) is 0 Å². The standard InChI is InChI=1S/C17H18N2O/c1-12(20)13-8-4-5-9-14(13)17-18(2)15-10-6-7-11-16(15)19(17)3/h4-11,17H,1-3H3. The van der Waals surface area contributed by atoms with Crippen LogP contribution in [-0.4, -0.2) is 19.9 Å². The Morgan fingerprint density at radius 2 is 1.40 bits per heavy atom. The maximum Gasteiger partial charge on any atom is 0.160 e. The molecule has 3 heteroatoms. The van der Waals surface area contributed by atoms with Gasteiger partial charge in [-0.3, -0.25) is 4.79 Å². The molecule has 2 aromatic carbocycles. The fourth-order valence-corrected chi connectivity index (χ4v) is 3.04. The quantitative estimate of drug-likeness (QED) is 0.778. The summed E-state index contributed by atoms with van der Waals surface area (Å²) in [5.74, 6) is 0.110. The van der Waals surface area contributed by atoms with Crippen LogP contribution in [0.2, 0.25) is 0 Å². The number of Topliss-reactive ketones (excluding diaryl/α,β-unsaturated/α-hetero) is 1. The molecule has 102 valence electrons. The molecule has 0 atom stereocenters. The molecule has 20 heavy (non-hydrogen) atoms. The number of nitrogens with zero attached hydrogens (tertiary/aromatic N) is 2. The summed E-state index contributed by atoms with van der Waals surface area (Å²) in [5, 5.41) is 0. The van der Waals surface area contributed by atoms with Gasteiger partial charge in [-0.15, -0.1) is 0 Å². The molecule has 0 unspecified atom stereocenters. The first kappa shape index (κ1) is 12.7. The average molecular weight is 266 g/mol. The fourth-order valence-electron chi connectivity index (χ4n) is 3.04. The molecule has 2 aromatic rings. The molecule has 0 spiro atoms. The number of para-hydroxylation sites is 2. The van der Waals surface area contributed by atoms with E-state index in [-0.39, 0.29) is 11.9 Å². The van der Waals surface area contributed by atoms with E-state index in [2.05, 4.69) is 36.0 Å². The molecule has 0 saturated carbocycles. The van der Waals surface area contributed by atoms with Crippen LogP contribution < -0.4 is 9.80 Å². The Kier molecular flexibility index (Phi) is 2.97. The summed E-state index contributed by atoms with van der Waals surface area (Å²) < 4.78 is 0. The molecular formula is C17H18N2O. The number of anilines is 2. The Hall–Kier alpha value is -2.29. The first-order chi connectivity index (χ1) is 9.61. The summed E-state index contributed by atoms with van der Waals surface area (Å²) in [6.07, 6.45) is 0.0625. The van der Waals surface area contributed by atoms with E-state index in [1.807, 2.05) is 36.4 Å². The number of fused-ring (bicyclic) bond motifs is 1. The van der Waals surface area contributed by atoms with Crippen LogP contribution in [0.25, 0.3) is 0 Å². The van der Waals surface area contributed by atoms with E-state index in [4.69, 9.17) is 0 Å². The summed E-state index contributed by atoms with van der Waals surface area (Å²) in [4.78, 5) is 16.3. The van der Waals surface area contributed by atoms with E-state index in [0.29, 0.717) is 0 Å². The zero-order chi connectivity index (χ0) is 14.3. The van der Waals surface area contributed by atoms with Crippen molar-refractivity contribution in [1.82, 2.24) is 0 Å². The van der Waals surface area contributed by atoms with Crippen LogP contribution >= 0.6 is 0 Å². The molecule has 1 aliphatic rings. The van der Waals surface area contributed by atoms with Crippen LogP contribution in [0.3, 0.4) is 0 Å². The molecule has 0 bridgehead atoms. The third kappa shape index (κ3) is 1.78. The van der Waals surface area contributed by atoms with Crippen molar-refractivity contribution in [2.45, 2.75) is 13.1 Å². The van der Waals surface area contributed by atoms with Gasteiger partial charge in [0.15, 0.2) is 5.78 Å². The van der Waals surface area contributed by atoms with E-state index in [9.17, 15) is 4.79 Å². The van der Waals surface area contributed by atoms with Crippen molar-refractivity contribution in [2.75, 3.05) is 23.9 Å². The van der Waals surface area contributed by atoms with Gasteiger partial charge in [0, 0.05) is 25.2 Å². The lowest BCUT2D eigenvalue weighted by molar-refractivity contribution is 0.101. The lowest BCUT2D eigenvalue weighted by Gasteiger charge is -2.29. The van der Waals surface area contributed by atoms with Gasteiger partial charge in [-0.25, -0.2) is 0 Å². The van der Waals surface area contributed by atoms with Gasteiger partial charge in [0.25, 0.3) is 0 Å². The largest absolute Gasteiger partial charge is 0.349 e. The van der Waals surface area contributed by atoms with Crippen molar-refractivity contribution in [3.63, 3.8) is 0 Å². The van der Waals surface area contributed by atoms with Gasteiger partial charge in [-0.2, -0.15) is 0 Å². The summed E-state index contributed by atoms with van der Waals surface area (Å²) in [6, 6.07) is 16.2. The molecular weight excluding hydrogens is 248 g/mol. The Morgan fingerprint density at radius 3 is 1.95 bits per heavy atom. The van der Waals surface area contributed by atoms with Crippen LogP contribution in [0.5, 0.6) is 0 Å². The van der Waals surface area contributed by atoms with E-state index in [1.54, 1.807) is 6.92 Å². The molecule has 0 amide bonds. The predicted molar refractivity (Wildman–Crippen MR) is 82.4 cm³/mol. The Bertz CT molecular complexity index is 637. The minimum Gasteiger partial charge on any atom is -0.349 e. The summed E-state index contributed by atoms with van der Waals surface area (Å²) >= 11 is 0. The molecule has 1 aliphatic heterocycles. The van der Waals surface area contributed by atoms with Crippen LogP contribution in [0.4, 0.5) is 11.4 Å². The van der Waals surface area contributed by atoms with Crippen LogP contribution in [0.15, 0.2) is 48.5 Å². The normalized spacial score (nSPS) is 14.6. The van der Waals surface area contributed by atoms with Gasteiger partial charge in [-0.1, -0.05) is 36.4 Å². The minimum atomic E-state index is 0.0625. The highest BCUT2D eigenvalue weighted by Gasteiger charge is 2.33.